The Kier molecular flexibility index (Phi) is 6.26. The number of aryl methyl sites for hydroxylation is 1. The molecule has 0 saturated heterocycles. The Bertz CT molecular complexity index is 1330. The molecule has 12 heteroatoms. The lowest BCUT2D eigenvalue weighted by Gasteiger charge is -2.09. The number of nitrogens with one attached hydrogen (secondary N) is 1. The average Bonchev–Trinajstić information content (AvgIpc) is 3.50. The van der Waals surface area contributed by atoms with Gasteiger partial charge in [-0.05, 0) is 30.2 Å². The lowest BCUT2D eigenvalue weighted by Crippen LogP contribution is -2.06. The molecule has 0 amide bonds. The Labute approximate surface area is 188 Å². The van der Waals surface area contributed by atoms with Crippen LogP contribution in [0, 0.1) is 0 Å². The molecule has 0 fully saturated rings. The number of nitrogens with zero attached hydrogens (tertiary/aromatic N) is 4. The van der Waals surface area contributed by atoms with E-state index in [9.17, 15) is 8.42 Å². The molecule has 4 aromatic rings. The molecule has 2 N–H and O–H groups in total. The van der Waals surface area contributed by atoms with Crippen molar-refractivity contribution in [1.82, 2.24) is 19.5 Å². The van der Waals surface area contributed by atoms with Crippen LogP contribution < -0.4 is 14.8 Å². The van der Waals surface area contributed by atoms with Crippen LogP contribution in [-0.4, -0.2) is 45.5 Å². The zero-order chi connectivity index (χ0) is 22.7. The maximum absolute atomic E-state index is 9.19. The summed E-state index contributed by atoms with van der Waals surface area (Å²) in [6.45, 7) is 3.06. The molecule has 0 unspecified atom stereocenters. The molecule has 0 spiro atoms. The molecule has 10 nitrogen and oxygen atoms in total. The predicted molar refractivity (Wildman–Crippen MR) is 121 cm³/mol. The summed E-state index contributed by atoms with van der Waals surface area (Å²) in [5.41, 5.74) is 1.10. The van der Waals surface area contributed by atoms with E-state index in [0.29, 0.717) is 18.7 Å². The Morgan fingerprint density at radius 1 is 1.22 bits per heavy atom. The molecule has 1 aromatic carbocycles. The Morgan fingerprint density at radius 2 is 2.00 bits per heavy atom. The van der Waals surface area contributed by atoms with Crippen LogP contribution in [0.1, 0.15) is 17.4 Å². The fourth-order valence-electron chi connectivity index (χ4n) is 3.00. The van der Waals surface area contributed by atoms with Crippen molar-refractivity contribution in [3.63, 3.8) is 0 Å². The van der Waals surface area contributed by atoms with Gasteiger partial charge in [0.25, 0.3) is 10.1 Å². The van der Waals surface area contributed by atoms with E-state index in [0.717, 1.165) is 39.5 Å². The highest BCUT2D eigenvalue weighted by Gasteiger charge is 2.15. The van der Waals surface area contributed by atoms with E-state index in [-0.39, 0.29) is 6.79 Å². The predicted octanol–water partition coefficient (Wildman–Crippen LogP) is 3.28. The lowest BCUT2D eigenvalue weighted by atomic mass is 10.2. The van der Waals surface area contributed by atoms with Crippen molar-refractivity contribution in [2.75, 3.05) is 18.4 Å². The maximum atomic E-state index is 9.19. The van der Waals surface area contributed by atoms with Crippen molar-refractivity contribution in [3.05, 3.63) is 53.4 Å². The number of hydrogen-bond acceptors (Lipinski definition) is 9. The molecule has 0 bridgehead atoms. The highest BCUT2D eigenvalue weighted by Crippen LogP contribution is 2.33. The summed E-state index contributed by atoms with van der Waals surface area (Å²) in [5, 5.41) is 4.50. The number of thiophene rings is 1. The molecule has 5 rings (SSSR count). The van der Waals surface area contributed by atoms with Gasteiger partial charge in [-0.3, -0.25) is 9.12 Å². The van der Waals surface area contributed by atoms with Gasteiger partial charge in [-0.25, -0.2) is 9.97 Å². The van der Waals surface area contributed by atoms with Crippen LogP contribution in [0.15, 0.2) is 43.0 Å². The van der Waals surface area contributed by atoms with E-state index in [1.165, 1.54) is 4.88 Å². The van der Waals surface area contributed by atoms with Crippen LogP contribution in [-0.2, 0) is 23.1 Å². The van der Waals surface area contributed by atoms with E-state index in [1.54, 1.807) is 23.9 Å². The first-order valence-corrected chi connectivity index (χ1v) is 12.3. The largest absolute Gasteiger partial charge is 0.454 e. The molecular weight excluding hydrogens is 454 g/mol. The minimum atomic E-state index is -3.67. The van der Waals surface area contributed by atoms with Crippen LogP contribution >= 0.6 is 11.3 Å². The number of hydrogen-bond donors (Lipinski definition) is 2. The number of fused-ring (bicyclic) bond motifs is 2. The van der Waals surface area contributed by atoms with Gasteiger partial charge in [0.15, 0.2) is 11.5 Å². The molecule has 0 atom stereocenters. The summed E-state index contributed by atoms with van der Waals surface area (Å²) in [6, 6.07) is 8.13. The molecule has 4 heterocycles. The SMILES string of the molecule is CCc1cc2c(NCc3ccc4c(c3)OCO4)nc(-n3ccnc3)nc2s1.CS(=O)(=O)O. The summed E-state index contributed by atoms with van der Waals surface area (Å²) in [6.07, 6.45) is 6.96. The fraction of sp³-hybridized carbons (Fsp3) is 0.250. The summed E-state index contributed by atoms with van der Waals surface area (Å²) in [5.74, 6) is 3.00. The van der Waals surface area contributed by atoms with Gasteiger partial charge in [-0.2, -0.15) is 13.4 Å². The second-order valence-electron chi connectivity index (χ2n) is 6.90. The van der Waals surface area contributed by atoms with Crippen LogP contribution in [0.3, 0.4) is 0 Å². The number of imidazole rings is 1. The van der Waals surface area contributed by atoms with E-state index in [1.807, 2.05) is 29.0 Å². The first-order valence-electron chi connectivity index (χ1n) is 9.64. The smallest absolute Gasteiger partial charge is 0.261 e. The molecule has 1 aliphatic heterocycles. The lowest BCUT2D eigenvalue weighted by molar-refractivity contribution is 0.174. The fourth-order valence-corrected chi connectivity index (χ4v) is 3.96. The number of benzene rings is 1. The van der Waals surface area contributed by atoms with E-state index in [4.69, 9.17) is 24.0 Å². The van der Waals surface area contributed by atoms with E-state index >= 15 is 0 Å². The van der Waals surface area contributed by atoms with Crippen molar-refractivity contribution in [3.8, 4) is 17.4 Å². The van der Waals surface area contributed by atoms with Crippen molar-refractivity contribution in [2.45, 2.75) is 19.9 Å². The van der Waals surface area contributed by atoms with Gasteiger partial charge in [-0.1, -0.05) is 13.0 Å². The quantitative estimate of drug-likeness (QED) is 0.418. The maximum Gasteiger partial charge on any atom is 0.261 e. The van der Waals surface area contributed by atoms with Crippen LogP contribution in [0.4, 0.5) is 5.82 Å². The second kappa shape index (κ2) is 9.10. The molecular formula is C20H21N5O5S2. The van der Waals surface area contributed by atoms with Crippen molar-refractivity contribution < 1.29 is 22.4 Å². The van der Waals surface area contributed by atoms with Crippen molar-refractivity contribution in [1.29, 1.82) is 0 Å². The van der Waals surface area contributed by atoms with Crippen molar-refractivity contribution >= 4 is 37.5 Å². The normalized spacial score (nSPS) is 12.5. The molecule has 168 valence electrons. The molecule has 0 radical (unpaired) electrons. The highest BCUT2D eigenvalue weighted by atomic mass is 32.2. The first-order chi connectivity index (χ1) is 15.3. The molecule has 1 aliphatic rings. The monoisotopic (exact) mass is 475 g/mol. The second-order valence-corrected chi connectivity index (χ2v) is 9.48. The van der Waals surface area contributed by atoms with E-state index < -0.39 is 10.1 Å². The Balaban J connectivity index is 0.000000444. The standard InChI is InChI=1S/C19H17N5O2S.CH4O3S/c1-2-13-8-14-17(21-9-12-3-4-15-16(7-12)26-11-25-15)22-19(23-18(14)27-13)24-6-5-20-10-24;1-5(2,3)4/h3-8,10H,2,9,11H2,1H3,(H,21,22,23);1H3,(H,2,3,4). The zero-order valence-electron chi connectivity index (χ0n) is 17.3. The number of anilines is 1. The van der Waals surface area contributed by atoms with Gasteiger partial charge in [0.2, 0.25) is 12.7 Å². The van der Waals surface area contributed by atoms with Gasteiger partial charge in [0.05, 0.1) is 11.6 Å². The van der Waals surface area contributed by atoms with Crippen LogP contribution in [0.25, 0.3) is 16.2 Å². The van der Waals surface area contributed by atoms with Crippen LogP contribution in [0.5, 0.6) is 11.5 Å². The van der Waals surface area contributed by atoms with E-state index in [2.05, 4.69) is 23.3 Å². The first kappa shape index (κ1) is 22.0. The Hall–Kier alpha value is -3.22. The number of aromatic nitrogens is 4. The minimum absolute atomic E-state index is 0.279. The molecule has 0 saturated carbocycles. The summed E-state index contributed by atoms with van der Waals surface area (Å²) in [4.78, 5) is 15.8. The van der Waals surface area contributed by atoms with Crippen LogP contribution in [0.2, 0.25) is 0 Å². The van der Waals surface area contributed by atoms with Gasteiger partial charge < -0.3 is 14.8 Å². The summed E-state index contributed by atoms with van der Waals surface area (Å²) < 4.78 is 38.5. The average molecular weight is 476 g/mol. The number of ether oxygens (including phenoxy) is 2. The Morgan fingerprint density at radius 3 is 2.72 bits per heavy atom. The topological polar surface area (TPSA) is 128 Å². The third-order valence-corrected chi connectivity index (χ3v) is 5.59. The van der Waals surface area contributed by atoms with Gasteiger partial charge in [0, 0.05) is 23.8 Å². The third kappa shape index (κ3) is 5.33. The van der Waals surface area contributed by atoms with Gasteiger partial charge in [0.1, 0.15) is 17.0 Å². The third-order valence-electron chi connectivity index (χ3n) is 4.41. The minimum Gasteiger partial charge on any atom is -0.454 e. The van der Waals surface area contributed by atoms with Gasteiger partial charge in [-0.15, -0.1) is 11.3 Å². The molecule has 32 heavy (non-hydrogen) atoms. The summed E-state index contributed by atoms with van der Waals surface area (Å²) >= 11 is 1.70. The molecule has 0 aliphatic carbocycles. The number of rotatable bonds is 5. The zero-order valence-corrected chi connectivity index (χ0v) is 19.0. The summed E-state index contributed by atoms with van der Waals surface area (Å²) in [7, 11) is -3.67. The highest BCUT2D eigenvalue weighted by molar-refractivity contribution is 7.85. The van der Waals surface area contributed by atoms with Crippen molar-refractivity contribution in [2.24, 2.45) is 0 Å². The molecule has 3 aromatic heterocycles. The van der Waals surface area contributed by atoms with Gasteiger partial charge >= 0.3 is 0 Å².